The fourth-order valence-electron chi connectivity index (χ4n) is 4.11. The number of nitrogens with zero attached hydrogens (tertiary/aromatic N) is 6. The van der Waals surface area contributed by atoms with Crippen LogP contribution in [-0.4, -0.2) is 35.7 Å². The van der Waals surface area contributed by atoms with Gasteiger partial charge in [-0.2, -0.15) is 0 Å². The number of nitrogens with one attached hydrogen (secondary N) is 1. The van der Waals surface area contributed by atoms with Gasteiger partial charge in [0.15, 0.2) is 5.82 Å². The van der Waals surface area contributed by atoms with E-state index < -0.39 is 5.92 Å². The van der Waals surface area contributed by atoms with Crippen LogP contribution in [0.15, 0.2) is 43.0 Å². The Bertz CT molecular complexity index is 1010. The van der Waals surface area contributed by atoms with Gasteiger partial charge in [-0.1, -0.05) is 51.5 Å². The molecule has 0 bridgehead atoms. The zero-order valence-corrected chi connectivity index (χ0v) is 18.9. The lowest BCUT2D eigenvalue weighted by atomic mass is 9.82. The molecule has 4 rings (SSSR count). The Balaban J connectivity index is 1.49. The van der Waals surface area contributed by atoms with E-state index in [4.69, 9.17) is 0 Å². The van der Waals surface area contributed by atoms with Crippen LogP contribution in [0.25, 0.3) is 0 Å². The molecule has 1 aliphatic carbocycles. The van der Waals surface area contributed by atoms with Gasteiger partial charge in [0, 0.05) is 38.3 Å². The lowest BCUT2D eigenvalue weighted by Gasteiger charge is -2.36. The Kier molecular flexibility index (Phi) is 6.37. The first-order chi connectivity index (χ1) is 15.2. The molecule has 1 saturated carbocycles. The predicted octanol–water partition coefficient (Wildman–Crippen LogP) is 4.55. The van der Waals surface area contributed by atoms with E-state index >= 15 is 0 Å². The summed E-state index contributed by atoms with van der Waals surface area (Å²) in [7, 11) is 0. The highest BCUT2D eigenvalue weighted by Gasteiger charge is 2.48. The summed E-state index contributed by atoms with van der Waals surface area (Å²) in [6, 6.07) is 7.92. The van der Waals surface area contributed by atoms with Gasteiger partial charge in [-0.25, -0.2) is 18.4 Å². The van der Waals surface area contributed by atoms with Crippen molar-refractivity contribution in [2.24, 2.45) is 5.41 Å². The van der Waals surface area contributed by atoms with Gasteiger partial charge in [-0.05, 0) is 33.4 Å². The van der Waals surface area contributed by atoms with Crippen molar-refractivity contribution in [3.63, 3.8) is 0 Å². The van der Waals surface area contributed by atoms with Crippen LogP contribution < -0.4 is 5.32 Å². The number of halogens is 2. The van der Waals surface area contributed by atoms with E-state index in [0.29, 0.717) is 12.4 Å². The largest absolute Gasteiger partial charge is 0.333 e. The van der Waals surface area contributed by atoms with Crippen LogP contribution in [0.5, 0.6) is 0 Å². The molecule has 2 heterocycles. The molecule has 1 aromatic carbocycles. The highest BCUT2D eigenvalue weighted by molar-refractivity contribution is 5.24. The number of benzene rings is 1. The molecule has 1 aliphatic rings. The van der Waals surface area contributed by atoms with Gasteiger partial charge in [-0.3, -0.25) is 0 Å². The van der Waals surface area contributed by atoms with E-state index in [-0.39, 0.29) is 30.3 Å². The molecule has 7 nitrogen and oxygen atoms in total. The first-order valence-corrected chi connectivity index (χ1v) is 11.2. The fourth-order valence-corrected chi connectivity index (χ4v) is 4.11. The quantitative estimate of drug-likeness (QED) is 0.498. The maximum atomic E-state index is 13.5. The minimum atomic E-state index is -2.62. The Hall–Kier alpha value is -2.68. The van der Waals surface area contributed by atoms with Crippen LogP contribution in [0.2, 0.25) is 0 Å². The molecule has 2 aromatic heterocycles. The van der Waals surface area contributed by atoms with E-state index in [2.05, 4.69) is 70.9 Å². The molecule has 3 aromatic rings. The van der Waals surface area contributed by atoms with E-state index in [1.807, 2.05) is 10.8 Å². The average molecular weight is 444 g/mol. The Morgan fingerprint density at radius 3 is 2.72 bits per heavy atom. The topological polar surface area (TPSA) is 73.5 Å². The van der Waals surface area contributed by atoms with Crippen LogP contribution in [-0.2, 0) is 13.1 Å². The van der Waals surface area contributed by atoms with Crippen molar-refractivity contribution in [2.75, 3.05) is 0 Å². The molecule has 1 N–H and O–H groups in total. The van der Waals surface area contributed by atoms with Crippen molar-refractivity contribution in [3.8, 4) is 0 Å². The zero-order chi connectivity index (χ0) is 22.8. The van der Waals surface area contributed by atoms with Crippen molar-refractivity contribution in [3.05, 3.63) is 59.9 Å². The summed E-state index contributed by atoms with van der Waals surface area (Å²) in [4.78, 5) is 4.10. The summed E-state index contributed by atoms with van der Waals surface area (Å²) in [5.74, 6) is -1.98. The number of alkyl halides is 2. The lowest BCUT2D eigenvalue weighted by Crippen LogP contribution is -2.39. The number of rotatable bonds is 10. The van der Waals surface area contributed by atoms with Crippen molar-refractivity contribution in [1.29, 1.82) is 0 Å². The lowest BCUT2D eigenvalue weighted by molar-refractivity contribution is -0.108. The zero-order valence-electron chi connectivity index (χ0n) is 18.9. The maximum absolute atomic E-state index is 13.5. The van der Waals surface area contributed by atoms with E-state index in [1.54, 1.807) is 17.2 Å². The molecule has 9 heteroatoms. The predicted molar refractivity (Wildman–Crippen MR) is 117 cm³/mol. The molecular formula is C23H31F2N7. The molecule has 172 valence electrons. The summed E-state index contributed by atoms with van der Waals surface area (Å²) in [5.41, 5.74) is 2.40. The molecule has 0 aliphatic heterocycles. The second-order valence-electron chi connectivity index (χ2n) is 9.61. The van der Waals surface area contributed by atoms with Gasteiger partial charge in [0.2, 0.25) is 0 Å². The smallest absolute Gasteiger partial charge is 0.252 e. The fraction of sp³-hybridized carbons (Fsp3) is 0.565. The van der Waals surface area contributed by atoms with E-state index in [9.17, 15) is 8.78 Å². The normalized spacial score (nSPS) is 17.3. The minimum absolute atomic E-state index is 0.0568. The summed E-state index contributed by atoms with van der Waals surface area (Å²) >= 11 is 0. The van der Waals surface area contributed by atoms with Crippen LogP contribution in [0.1, 0.15) is 75.5 Å². The van der Waals surface area contributed by atoms with Crippen LogP contribution in [0.3, 0.4) is 0 Å². The second-order valence-corrected chi connectivity index (χ2v) is 9.61. The minimum Gasteiger partial charge on any atom is -0.333 e. The first-order valence-electron chi connectivity index (χ1n) is 11.2. The molecule has 0 spiro atoms. The molecule has 1 fully saturated rings. The van der Waals surface area contributed by atoms with Crippen molar-refractivity contribution < 1.29 is 8.78 Å². The third-order valence-electron chi connectivity index (χ3n) is 6.43. The van der Waals surface area contributed by atoms with Gasteiger partial charge in [-0.15, -0.1) is 5.10 Å². The number of tetrazole rings is 1. The summed E-state index contributed by atoms with van der Waals surface area (Å²) < 4.78 is 30.6. The molecule has 1 unspecified atom stereocenters. The van der Waals surface area contributed by atoms with Crippen LogP contribution in [0, 0.1) is 5.41 Å². The molecule has 32 heavy (non-hydrogen) atoms. The third kappa shape index (κ3) is 5.38. The van der Waals surface area contributed by atoms with Crippen molar-refractivity contribution >= 4 is 0 Å². The Morgan fingerprint density at radius 2 is 2.03 bits per heavy atom. The van der Waals surface area contributed by atoms with E-state index in [0.717, 1.165) is 24.9 Å². The number of aromatic nitrogens is 6. The summed E-state index contributed by atoms with van der Waals surface area (Å²) in [6.45, 7) is 7.97. The second kappa shape index (κ2) is 9.05. The highest BCUT2D eigenvalue weighted by atomic mass is 19.3. The summed E-state index contributed by atoms with van der Waals surface area (Å²) in [5, 5.41) is 15.8. The van der Waals surface area contributed by atoms with Gasteiger partial charge in [0.05, 0.1) is 18.4 Å². The van der Waals surface area contributed by atoms with Gasteiger partial charge in [0.1, 0.15) is 0 Å². The van der Waals surface area contributed by atoms with Gasteiger partial charge >= 0.3 is 0 Å². The summed E-state index contributed by atoms with van der Waals surface area (Å²) in [6.07, 6.45) is 6.91. The van der Waals surface area contributed by atoms with E-state index in [1.165, 1.54) is 5.56 Å². The number of hydrogen-bond acceptors (Lipinski definition) is 5. The molecule has 0 radical (unpaired) electrons. The standard InChI is InChI=1S/C23H31F2N7/c1-4-22(2,3)13-20(21-28-29-30-32(21)19-11-23(24,25)12-19)27-14-17-6-5-7-18(10-17)15-31-9-8-26-16-31/h5-10,16,19-20,27H,4,11-15H2,1-3H3. The molecule has 0 amide bonds. The first kappa shape index (κ1) is 22.5. The molecular weight excluding hydrogens is 412 g/mol. The monoisotopic (exact) mass is 443 g/mol. The van der Waals surface area contributed by atoms with Crippen LogP contribution >= 0.6 is 0 Å². The maximum Gasteiger partial charge on any atom is 0.252 e. The van der Waals surface area contributed by atoms with Crippen LogP contribution in [0.4, 0.5) is 8.78 Å². The number of imidazole rings is 1. The average Bonchev–Trinajstić information content (AvgIpc) is 3.41. The van der Waals surface area contributed by atoms with Crippen molar-refractivity contribution in [2.45, 2.75) is 77.6 Å². The van der Waals surface area contributed by atoms with Crippen molar-refractivity contribution in [1.82, 2.24) is 35.1 Å². The Morgan fingerprint density at radius 1 is 1.25 bits per heavy atom. The number of hydrogen-bond donors (Lipinski definition) is 1. The molecule has 1 atom stereocenters. The third-order valence-corrected chi connectivity index (χ3v) is 6.43. The molecule has 0 saturated heterocycles. The van der Waals surface area contributed by atoms with Gasteiger partial charge in [0.25, 0.3) is 5.92 Å². The highest BCUT2D eigenvalue weighted by Crippen LogP contribution is 2.46. The Labute approximate surface area is 187 Å². The van der Waals surface area contributed by atoms with Gasteiger partial charge < -0.3 is 9.88 Å². The SMILES string of the molecule is CCC(C)(C)CC(NCc1cccc(Cn2ccnc2)c1)c1nnnn1C1CC(F)(F)C1.